The van der Waals surface area contributed by atoms with Crippen molar-refractivity contribution in [1.29, 1.82) is 5.26 Å². The van der Waals surface area contributed by atoms with Gasteiger partial charge in [0, 0.05) is 20.5 Å². The molecule has 0 aliphatic carbocycles. The van der Waals surface area contributed by atoms with Crippen LogP contribution in [0, 0.1) is 11.3 Å². The molecule has 1 aromatic carbocycles. The number of hydrazine groups is 1. The highest BCUT2D eigenvalue weighted by atomic mass is 32.2. The van der Waals surface area contributed by atoms with Crippen molar-refractivity contribution < 1.29 is 16.8 Å². The molecule has 0 saturated heterocycles. The number of hydrogen-bond acceptors (Lipinski definition) is 7. The van der Waals surface area contributed by atoms with E-state index in [1.807, 2.05) is 6.07 Å². The van der Waals surface area contributed by atoms with E-state index in [2.05, 4.69) is 10.4 Å². The van der Waals surface area contributed by atoms with Crippen LogP contribution in [0.1, 0.15) is 11.1 Å². The fourth-order valence-corrected chi connectivity index (χ4v) is 3.65. The minimum Gasteiger partial charge on any atom is -0.232 e. The van der Waals surface area contributed by atoms with E-state index < -0.39 is 25.2 Å². The third-order valence-corrected chi connectivity index (χ3v) is 6.22. The Morgan fingerprint density at radius 1 is 1.38 bits per heavy atom. The van der Waals surface area contributed by atoms with Crippen molar-refractivity contribution in [1.82, 2.24) is 14.1 Å². The SMILES string of the molecule is CN(C)S(=O)(=O)N1C=NC(Cc2cccc(C#N)c2)(S(N)(=O)=O)N1. The molecule has 12 heteroatoms. The molecule has 0 spiro atoms. The van der Waals surface area contributed by atoms with Gasteiger partial charge in [0.1, 0.15) is 6.34 Å². The van der Waals surface area contributed by atoms with E-state index in [0.717, 1.165) is 10.6 Å². The number of nitrogens with two attached hydrogens (primary N) is 1. The number of rotatable bonds is 5. The molecule has 0 radical (unpaired) electrons. The van der Waals surface area contributed by atoms with E-state index in [4.69, 9.17) is 10.4 Å². The number of hydrogen-bond donors (Lipinski definition) is 2. The van der Waals surface area contributed by atoms with Gasteiger partial charge in [-0.2, -0.15) is 27.8 Å². The standard InChI is InChI=1S/C12H16N6O4S2/c1-17(2)24(21,22)18-9-15-12(16-18,23(14,19)20)7-10-4-3-5-11(6-10)8-13/h3-6,9,16H,7H2,1-2H3,(H2,14,19,20). The van der Waals surface area contributed by atoms with Gasteiger partial charge in [0.15, 0.2) is 0 Å². The quantitative estimate of drug-likeness (QED) is 0.656. The Morgan fingerprint density at radius 2 is 2.04 bits per heavy atom. The molecule has 3 N–H and O–H groups in total. The lowest BCUT2D eigenvalue weighted by Gasteiger charge is -2.28. The number of primary sulfonamides is 1. The average molecular weight is 372 g/mol. The Hall–Kier alpha value is -2.04. The predicted octanol–water partition coefficient (Wildman–Crippen LogP) is -1.30. The number of sulfonamides is 1. The third kappa shape index (κ3) is 3.25. The largest absolute Gasteiger partial charge is 0.318 e. The molecule has 0 saturated carbocycles. The summed E-state index contributed by atoms with van der Waals surface area (Å²) in [6, 6.07) is 8.15. The van der Waals surface area contributed by atoms with E-state index in [-0.39, 0.29) is 6.42 Å². The molecule has 130 valence electrons. The highest BCUT2D eigenvalue weighted by Gasteiger charge is 2.48. The second kappa shape index (κ2) is 6.11. The topological polar surface area (TPSA) is 149 Å². The Kier molecular flexibility index (Phi) is 4.66. The van der Waals surface area contributed by atoms with Crippen LogP contribution in [0.5, 0.6) is 0 Å². The summed E-state index contributed by atoms with van der Waals surface area (Å²) in [4.78, 5) is 1.73. The van der Waals surface area contributed by atoms with Crippen molar-refractivity contribution in [3.8, 4) is 6.07 Å². The number of benzene rings is 1. The van der Waals surface area contributed by atoms with E-state index in [1.54, 1.807) is 18.2 Å². The maximum Gasteiger partial charge on any atom is 0.318 e. The number of nitriles is 1. The third-order valence-electron chi connectivity index (χ3n) is 3.34. The van der Waals surface area contributed by atoms with E-state index >= 15 is 0 Å². The van der Waals surface area contributed by atoms with Crippen LogP contribution >= 0.6 is 0 Å². The van der Waals surface area contributed by atoms with E-state index in [1.165, 1.54) is 20.2 Å². The van der Waals surface area contributed by atoms with Crippen LogP contribution in [0.3, 0.4) is 0 Å². The van der Waals surface area contributed by atoms with Gasteiger partial charge in [-0.15, -0.1) is 0 Å². The average Bonchev–Trinajstić information content (AvgIpc) is 2.93. The van der Waals surface area contributed by atoms with Crippen LogP contribution in [0.2, 0.25) is 0 Å². The summed E-state index contributed by atoms with van der Waals surface area (Å²) in [5.74, 6) is 0. The predicted molar refractivity (Wildman–Crippen MR) is 86.8 cm³/mol. The normalized spacial score (nSPS) is 21.2. The summed E-state index contributed by atoms with van der Waals surface area (Å²) in [7, 11) is -5.72. The molecular formula is C12H16N6O4S2. The molecule has 1 heterocycles. The van der Waals surface area contributed by atoms with Gasteiger partial charge in [-0.3, -0.25) is 0 Å². The van der Waals surface area contributed by atoms with E-state index in [9.17, 15) is 16.8 Å². The second-order valence-electron chi connectivity index (χ2n) is 5.26. The number of nitrogens with zero attached hydrogens (tertiary/aromatic N) is 4. The molecule has 10 nitrogen and oxygen atoms in total. The number of nitrogens with one attached hydrogen (secondary N) is 1. The molecule has 1 aliphatic rings. The van der Waals surface area contributed by atoms with Gasteiger partial charge in [-0.1, -0.05) is 12.1 Å². The molecule has 0 aromatic heterocycles. The van der Waals surface area contributed by atoms with E-state index in [0.29, 0.717) is 15.5 Å². The maximum atomic E-state index is 12.1. The summed E-state index contributed by atoms with van der Waals surface area (Å²) >= 11 is 0. The Morgan fingerprint density at radius 3 is 2.58 bits per heavy atom. The van der Waals surface area contributed by atoms with Crippen molar-refractivity contribution in [3.05, 3.63) is 35.4 Å². The van der Waals surface area contributed by atoms with Crippen molar-refractivity contribution >= 4 is 26.6 Å². The van der Waals surface area contributed by atoms with Crippen LogP contribution in [-0.4, -0.2) is 51.0 Å². The lowest BCUT2D eigenvalue weighted by Crippen LogP contribution is -2.58. The summed E-state index contributed by atoms with van der Waals surface area (Å²) in [6.07, 6.45) is 0.602. The first-order chi connectivity index (χ1) is 11.0. The van der Waals surface area contributed by atoms with Crippen LogP contribution < -0.4 is 10.6 Å². The summed E-state index contributed by atoms with van der Waals surface area (Å²) in [5.41, 5.74) is 3.12. The van der Waals surface area contributed by atoms with Gasteiger partial charge in [0.2, 0.25) is 4.99 Å². The van der Waals surface area contributed by atoms with Crippen LogP contribution in [0.4, 0.5) is 0 Å². The zero-order valence-electron chi connectivity index (χ0n) is 12.9. The summed E-state index contributed by atoms with van der Waals surface area (Å²) in [5, 5.41) is 14.2. The van der Waals surface area contributed by atoms with Gasteiger partial charge in [-0.05, 0) is 17.7 Å². The van der Waals surface area contributed by atoms with Crippen molar-refractivity contribution in [2.75, 3.05) is 14.1 Å². The molecule has 24 heavy (non-hydrogen) atoms. The van der Waals surface area contributed by atoms with Crippen molar-refractivity contribution in [2.45, 2.75) is 11.4 Å². The van der Waals surface area contributed by atoms with Crippen molar-refractivity contribution in [3.63, 3.8) is 0 Å². The monoisotopic (exact) mass is 372 g/mol. The molecule has 1 aromatic rings. The molecule has 1 aliphatic heterocycles. The minimum absolute atomic E-state index is 0.253. The van der Waals surface area contributed by atoms with Crippen LogP contribution in [-0.2, 0) is 26.7 Å². The molecule has 1 atom stereocenters. The minimum atomic E-state index is -4.32. The highest BCUT2D eigenvalue weighted by molar-refractivity contribution is 7.90. The molecule has 0 fully saturated rings. The Balaban J connectivity index is 2.42. The Bertz CT molecular complexity index is 919. The molecule has 1 unspecified atom stereocenters. The molecule has 0 amide bonds. The maximum absolute atomic E-state index is 12.1. The first kappa shape index (κ1) is 18.3. The van der Waals surface area contributed by atoms with Gasteiger partial charge >= 0.3 is 10.2 Å². The fourth-order valence-electron chi connectivity index (χ4n) is 2.02. The molecule has 2 rings (SSSR count). The smallest absolute Gasteiger partial charge is 0.232 e. The zero-order valence-corrected chi connectivity index (χ0v) is 14.5. The summed E-state index contributed by atoms with van der Waals surface area (Å²) in [6.45, 7) is 0. The Labute approximate surface area is 140 Å². The van der Waals surface area contributed by atoms with Crippen LogP contribution in [0.25, 0.3) is 0 Å². The summed E-state index contributed by atoms with van der Waals surface area (Å²) < 4.78 is 49.8. The first-order valence-electron chi connectivity index (χ1n) is 6.58. The van der Waals surface area contributed by atoms with Gasteiger partial charge in [0.25, 0.3) is 10.0 Å². The first-order valence-corrected chi connectivity index (χ1v) is 9.53. The van der Waals surface area contributed by atoms with Gasteiger partial charge in [-0.25, -0.2) is 18.5 Å². The van der Waals surface area contributed by atoms with Crippen molar-refractivity contribution in [2.24, 2.45) is 10.1 Å². The van der Waals surface area contributed by atoms with Crippen LogP contribution in [0.15, 0.2) is 29.3 Å². The zero-order chi connectivity index (χ0) is 18.2. The lowest BCUT2D eigenvalue weighted by molar-refractivity contribution is 0.344. The fraction of sp³-hybridized carbons (Fsp3) is 0.333. The molecular weight excluding hydrogens is 356 g/mol. The lowest BCUT2D eigenvalue weighted by atomic mass is 10.1. The number of aliphatic imine (C=N–C) groups is 1. The van der Waals surface area contributed by atoms with Gasteiger partial charge < -0.3 is 0 Å². The molecule has 0 bridgehead atoms. The highest BCUT2D eigenvalue weighted by Crippen LogP contribution is 2.25. The second-order valence-corrected chi connectivity index (χ2v) is 9.05. The van der Waals surface area contributed by atoms with Gasteiger partial charge in [0.05, 0.1) is 11.6 Å².